The number of benzene rings is 1. The van der Waals surface area contributed by atoms with Crippen molar-refractivity contribution in [3.63, 3.8) is 0 Å². The molecule has 0 spiro atoms. The van der Waals surface area contributed by atoms with Gasteiger partial charge in [0.25, 0.3) is 0 Å². The Morgan fingerprint density at radius 1 is 1.22 bits per heavy atom. The molecule has 7 heteroatoms. The van der Waals surface area contributed by atoms with E-state index in [2.05, 4.69) is 15.6 Å². The maximum absolute atomic E-state index is 10.4. The van der Waals surface area contributed by atoms with E-state index in [-0.39, 0.29) is 30.1 Å². The molecule has 0 bridgehead atoms. The molecule has 0 aromatic heterocycles. The van der Waals surface area contributed by atoms with Crippen LogP contribution < -0.4 is 15.4 Å². The van der Waals surface area contributed by atoms with Gasteiger partial charge < -0.3 is 25.2 Å². The zero-order chi connectivity index (χ0) is 18.8. The molecule has 1 aliphatic carbocycles. The number of hydrogen-bond acceptors (Lipinski definition) is 4. The summed E-state index contributed by atoms with van der Waals surface area (Å²) < 4.78 is 11.2. The molecule has 0 heterocycles. The third-order valence-corrected chi connectivity index (χ3v) is 3.99. The van der Waals surface area contributed by atoms with Gasteiger partial charge in [0, 0.05) is 19.7 Å². The lowest BCUT2D eigenvalue weighted by molar-refractivity contribution is 0.129. The highest BCUT2D eigenvalue weighted by Gasteiger charge is 2.20. The van der Waals surface area contributed by atoms with Crippen molar-refractivity contribution in [2.45, 2.75) is 45.8 Å². The van der Waals surface area contributed by atoms with Gasteiger partial charge in [-0.15, -0.1) is 24.0 Å². The monoisotopic (exact) mass is 491 g/mol. The SMILES string of the molecule is CCNC(=NCC(O)c1ccc(OC(C)C)cc1)NCCOCC1CC1.I. The summed E-state index contributed by atoms with van der Waals surface area (Å²) in [5.41, 5.74) is 0.827. The lowest BCUT2D eigenvalue weighted by Gasteiger charge is -2.14. The van der Waals surface area contributed by atoms with Gasteiger partial charge in [0.15, 0.2) is 5.96 Å². The summed E-state index contributed by atoms with van der Waals surface area (Å²) in [7, 11) is 0. The van der Waals surface area contributed by atoms with Crippen molar-refractivity contribution in [2.24, 2.45) is 10.9 Å². The Bertz CT molecular complexity index is 548. The number of halogens is 1. The number of aliphatic hydroxyl groups is 1. The van der Waals surface area contributed by atoms with Crippen molar-refractivity contribution in [3.8, 4) is 5.75 Å². The van der Waals surface area contributed by atoms with Crippen LogP contribution in [0.25, 0.3) is 0 Å². The van der Waals surface area contributed by atoms with Crippen LogP contribution in [0.3, 0.4) is 0 Å². The average molecular weight is 491 g/mol. The number of nitrogens with one attached hydrogen (secondary N) is 2. The summed E-state index contributed by atoms with van der Waals surface area (Å²) in [6, 6.07) is 7.51. The maximum atomic E-state index is 10.4. The van der Waals surface area contributed by atoms with Gasteiger partial charge in [-0.05, 0) is 57.2 Å². The Hall–Kier alpha value is -1.06. The van der Waals surface area contributed by atoms with E-state index < -0.39 is 6.10 Å². The van der Waals surface area contributed by atoms with Crippen LogP contribution in [0.4, 0.5) is 0 Å². The molecular formula is C20H34IN3O3. The fourth-order valence-corrected chi connectivity index (χ4v) is 2.44. The second-order valence-corrected chi connectivity index (χ2v) is 6.92. The largest absolute Gasteiger partial charge is 0.491 e. The van der Waals surface area contributed by atoms with Gasteiger partial charge in [-0.25, -0.2) is 0 Å². The number of rotatable bonds is 11. The Kier molecular flexibility index (Phi) is 11.7. The number of guanidine groups is 1. The first-order chi connectivity index (χ1) is 12.6. The molecule has 0 saturated heterocycles. The van der Waals surface area contributed by atoms with E-state index in [1.165, 1.54) is 12.8 Å². The highest BCUT2D eigenvalue weighted by atomic mass is 127. The van der Waals surface area contributed by atoms with Gasteiger partial charge in [0.05, 0.1) is 25.4 Å². The van der Waals surface area contributed by atoms with Gasteiger partial charge >= 0.3 is 0 Å². The Balaban J connectivity index is 0.00000364. The van der Waals surface area contributed by atoms with Crippen molar-refractivity contribution in [1.82, 2.24) is 10.6 Å². The highest BCUT2D eigenvalue weighted by Crippen LogP contribution is 2.28. The first kappa shape index (κ1) is 24.0. The zero-order valence-electron chi connectivity index (χ0n) is 16.6. The minimum absolute atomic E-state index is 0. The molecule has 3 N–H and O–H groups in total. The van der Waals surface area contributed by atoms with E-state index in [0.29, 0.717) is 25.7 Å². The first-order valence-corrected chi connectivity index (χ1v) is 9.63. The van der Waals surface area contributed by atoms with Gasteiger partial charge in [-0.2, -0.15) is 0 Å². The molecule has 0 amide bonds. The van der Waals surface area contributed by atoms with E-state index in [4.69, 9.17) is 9.47 Å². The third kappa shape index (κ3) is 10.2. The second-order valence-electron chi connectivity index (χ2n) is 6.92. The number of ether oxygens (including phenoxy) is 2. The van der Waals surface area contributed by atoms with Crippen LogP contribution in [0.1, 0.15) is 45.3 Å². The molecule has 1 aromatic carbocycles. The first-order valence-electron chi connectivity index (χ1n) is 9.63. The van der Waals surface area contributed by atoms with Crippen LogP contribution in [-0.4, -0.2) is 50.0 Å². The van der Waals surface area contributed by atoms with E-state index in [0.717, 1.165) is 30.4 Å². The number of aliphatic imine (C=N–C) groups is 1. The molecular weight excluding hydrogens is 457 g/mol. The van der Waals surface area contributed by atoms with E-state index in [9.17, 15) is 5.11 Å². The molecule has 154 valence electrons. The molecule has 0 aliphatic heterocycles. The number of nitrogens with zero attached hydrogens (tertiary/aromatic N) is 1. The minimum Gasteiger partial charge on any atom is -0.491 e. The summed E-state index contributed by atoms with van der Waals surface area (Å²) in [5, 5.41) is 16.8. The normalized spacial score (nSPS) is 15.2. The molecule has 1 fully saturated rings. The number of hydrogen-bond donors (Lipinski definition) is 3. The molecule has 1 aromatic rings. The van der Waals surface area contributed by atoms with E-state index in [1.807, 2.05) is 45.0 Å². The molecule has 2 rings (SSSR count). The average Bonchev–Trinajstić information content (AvgIpc) is 3.43. The fourth-order valence-electron chi connectivity index (χ4n) is 2.44. The van der Waals surface area contributed by atoms with Gasteiger partial charge in [0.2, 0.25) is 0 Å². The van der Waals surface area contributed by atoms with Crippen LogP contribution >= 0.6 is 24.0 Å². The molecule has 27 heavy (non-hydrogen) atoms. The fraction of sp³-hybridized carbons (Fsp3) is 0.650. The Labute approximate surface area is 180 Å². The van der Waals surface area contributed by atoms with Crippen LogP contribution in [0.2, 0.25) is 0 Å². The molecule has 6 nitrogen and oxygen atoms in total. The van der Waals surface area contributed by atoms with Gasteiger partial charge in [-0.3, -0.25) is 4.99 Å². The Morgan fingerprint density at radius 2 is 1.93 bits per heavy atom. The molecule has 1 unspecified atom stereocenters. The van der Waals surface area contributed by atoms with Crippen LogP contribution in [0, 0.1) is 5.92 Å². The molecule has 1 aliphatic rings. The highest BCUT2D eigenvalue weighted by molar-refractivity contribution is 14.0. The lowest BCUT2D eigenvalue weighted by Crippen LogP contribution is -2.39. The second kappa shape index (κ2) is 13.2. The summed E-state index contributed by atoms with van der Waals surface area (Å²) >= 11 is 0. The standard InChI is InChI=1S/C20H33N3O3.HI/c1-4-21-20(22-11-12-25-14-16-5-6-16)23-13-19(24)17-7-9-18(10-8-17)26-15(2)3;/h7-10,15-16,19,24H,4-6,11-14H2,1-3H3,(H2,21,22,23);1H. The van der Waals surface area contributed by atoms with Crippen LogP contribution in [0.15, 0.2) is 29.3 Å². The summed E-state index contributed by atoms with van der Waals surface area (Å²) in [4.78, 5) is 4.46. The molecule has 1 saturated carbocycles. The van der Waals surface area contributed by atoms with Crippen molar-refractivity contribution in [1.29, 1.82) is 0 Å². The topological polar surface area (TPSA) is 75.1 Å². The predicted molar refractivity (Wildman–Crippen MR) is 120 cm³/mol. The van der Waals surface area contributed by atoms with E-state index >= 15 is 0 Å². The quantitative estimate of drug-likeness (QED) is 0.192. The summed E-state index contributed by atoms with van der Waals surface area (Å²) in [6.45, 7) is 9.30. The smallest absolute Gasteiger partial charge is 0.191 e. The van der Waals surface area contributed by atoms with Crippen molar-refractivity contribution < 1.29 is 14.6 Å². The molecule has 0 radical (unpaired) electrons. The van der Waals surface area contributed by atoms with Gasteiger partial charge in [0.1, 0.15) is 5.75 Å². The Morgan fingerprint density at radius 3 is 2.52 bits per heavy atom. The zero-order valence-corrected chi connectivity index (χ0v) is 18.9. The van der Waals surface area contributed by atoms with Gasteiger partial charge in [-0.1, -0.05) is 12.1 Å². The summed E-state index contributed by atoms with van der Waals surface area (Å²) in [5.74, 6) is 2.28. The maximum Gasteiger partial charge on any atom is 0.191 e. The van der Waals surface area contributed by atoms with Crippen molar-refractivity contribution in [2.75, 3.05) is 32.8 Å². The van der Waals surface area contributed by atoms with Crippen molar-refractivity contribution in [3.05, 3.63) is 29.8 Å². The van der Waals surface area contributed by atoms with E-state index in [1.54, 1.807) is 0 Å². The molecule has 1 atom stereocenters. The summed E-state index contributed by atoms with van der Waals surface area (Å²) in [6.07, 6.45) is 2.10. The van der Waals surface area contributed by atoms with Crippen LogP contribution in [0.5, 0.6) is 5.75 Å². The third-order valence-electron chi connectivity index (χ3n) is 3.99. The predicted octanol–water partition coefficient (Wildman–Crippen LogP) is 3.11. The van der Waals surface area contributed by atoms with Crippen LogP contribution in [-0.2, 0) is 4.74 Å². The number of aliphatic hydroxyl groups excluding tert-OH is 1. The lowest BCUT2D eigenvalue weighted by atomic mass is 10.1. The minimum atomic E-state index is -0.648. The van der Waals surface area contributed by atoms with Crippen molar-refractivity contribution >= 4 is 29.9 Å².